The van der Waals surface area contributed by atoms with Crippen LogP contribution in [0.4, 0.5) is 28.4 Å². The van der Waals surface area contributed by atoms with E-state index in [0.29, 0.717) is 5.56 Å². The van der Waals surface area contributed by atoms with Gasteiger partial charge in [0.25, 0.3) is 0 Å². The highest BCUT2D eigenvalue weighted by atomic mass is 15.1. The van der Waals surface area contributed by atoms with Crippen LogP contribution in [0.5, 0.6) is 0 Å². The number of para-hydroxylation sites is 1. The fourth-order valence-corrected chi connectivity index (χ4v) is 4.17. The number of anilines is 5. The number of nitrogens with zero attached hydrogens (tertiary/aromatic N) is 3. The maximum Gasteiger partial charge on any atom is 0.0992 e. The Kier molecular flexibility index (Phi) is 5.49. The van der Waals surface area contributed by atoms with Crippen LogP contribution in [0.15, 0.2) is 121 Å². The molecule has 0 aliphatic heterocycles. The standard InChI is InChI=1S/C30H23N3/c1-32(28-14-7-9-23(21-28)22-31)25-17-19-27(20-18-25)33(26-12-3-2-4-13-26)30-16-8-11-24-10-5-6-15-29(24)30/h2-21H,1H3. The normalized spacial score (nSPS) is 10.5. The van der Waals surface area contributed by atoms with Crippen LogP contribution in [-0.2, 0) is 0 Å². The molecule has 0 radical (unpaired) electrons. The summed E-state index contributed by atoms with van der Waals surface area (Å²) >= 11 is 0. The van der Waals surface area contributed by atoms with Crippen LogP contribution in [-0.4, -0.2) is 7.05 Å². The van der Waals surface area contributed by atoms with Crippen molar-refractivity contribution in [2.75, 3.05) is 16.8 Å². The average Bonchev–Trinajstić information content (AvgIpc) is 2.90. The highest BCUT2D eigenvalue weighted by Gasteiger charge is 2.15. The Hall–Kier alpha value is -4.55. The lowest BCUT2D eigenvalue weighted by atomic mass is 10.1. The molecule has 5 aromatic rings. The zero-order valence-corrected chi connectivity index (χ0v) is 18.4. The van der Waals surface area contributed by atoms with Gasteiger partial charge in [-0.2, -0.15) is 5.26 Å². The fourth-order valence-electron chi connectivity index (χ4n) is 4.17. The minimum Gasteiger partial charge on any atom is -0.345 e. The molecule has 0 heterocycles. The van der Waals surface area contributed by atoms with Crippen molar-refractivity contribution in [3.05, 3.63) is 127 Å². The molecular weight excluding hydrogens is 402 g/mol. The molecule has 0 saturated heterocycles. The molecule has 3 heteroatoms. The van der Waals surface area contributed by atoms with Crippen molar-refractivity contribution in [2.24, 2.45) is 0 Å². The Morgan fingerprint density at radius 1 is 0.576 bits per heavy atom. The van der Waals surface area contributed by atoms with E-state index >= 15 is 0 Å². The first-order valence-electron chi connectivity index (χ1n) is 10.9. The van der Waals surface area contributed by atoms with Gasteiger partial charge in [0.05, 0.1) is 17.3 Å². The predicted molar refractivity (Wildman–Crippen MR) is 138 cm³/mol. The molecule has 158 valence electrons. The summed E-state index contributed by atoms with van der Waals surface area (Å²) in [6, 6.07) is 43.8. The second-order valence-corrected chi connectivity index (χ2v) is 7.91. The molecule has 0 spiro atoms. The Morgan fingerprint density at radius 2 is 1.18 bits per heavy atom. The highest BCUT2D eigenvalue weighted by molar-refractivity contribution is 5.98. The summed E-state index contributed by atoms with van der Waals surface area (Å²) in [6.45, 7) is 0. The van der Waals surface area contributed by atoms with Gasteiger partial charge in [-0.1, -0.05) is 60.7 Å². The maximum absolute atomic E-state index is 9.23. The largest absolute Gasteiger partial charge is 0.345 e. The molecule has 0 aromatic heterocycles. The zero-order valence-electron chi connectivity index (χ0n) is 18.4. The van der Waals surface area contributed by atoms with Gasteiger partial charge in [-0.05, 0) is 66.0 Å². The van der Waals surface area contributed by atoms with E-state index in [1.165, 1.54) is 10.8 Å². The number of benzene rings is 5. The maximum atomic E-state index is 9.23. The molecule has 3 nitrogen and oxygen atoms in total. The number of hydrogen-bond donors (Lipinski definition) is 0. The SMILES string of the molecule is CN(c1ccc(N(c2ccccc2)c2cccc3ccccc23)cc1)c1cccc(C#N)c1. The van der Waals surface area contributed by atoms with Crippen molar-refractivity contribution in [3.63, 3.8) is 0 Å². The first-order valence-corrected chi connectivity index (χ1v) is 10.9. The van der Waals surface area contributed by atoms with Gasteiger partial charge in [-0.25, -0.2) is 0 Å². The molecule has 0 aliphatic rings. The third-order valence-electron chi connectivity index (χ3n) is 5.88. The van der Waals surface area contributed by atoms with E-state index in [4.69, 9.17) is 0 Å². The van der Waals surface area contributed by atoms with Crippen LogP contribution in [0.3, 0.4) is 0 Å². The molecule has 0 saturated carbocycles. The topological polar surface area (TPSA) is 30.3 Å². The van der Waals surface area contributed by atoms with Crippen LogP contribution in [0.2, 0.25) is 0 Å². The van der Waals surface area contributed by atoms with Gasteiger partial charge in [-0.15, -0.1) is 0 Å². The molecule has 0 unspecified atom stereocenters. The molecule has 33 heavy (non-hydrogen) atoms. The van der Waals surface area contributed by atoms with E-state index < -0.39 is 0 Å². The second-order valence-electron chi connectivity index (χ2n) is 7.91. The van der Waals surface area contributed by atoms with E-state index in [1.54, 1.807) is 0 Å². The van der Waals surface area contributed by atoms with E-state index in [1.807, 2.05) is 37.4 Å². The molecule has 5 aromatic carbocycles. The monoisotopic (exact) mass is 425 g/mol. The van der Waals surface area contributed by atoms with E-state index in [2.05, 4.69) is 107 Å². The molecular formula is C30H23N3. The molecule has 0 bridgehead atoms. The molecule has 0 aliphatic carbocycles. The third-order valence-corrected chi connectivity index (χ3v) is 5.88. The van der Waals surface area contributed by atoms with Gasteiger partial charge < -0.3 is 9.80 Å². The van der Waals surface area contributed by atoms with Crippen LogP contribution in [0, 0.1) is 11.3 Å². The van der Waals surface area contributed by atoms with Gasteiger partial charge in [0.15, 0.2) is 0 Å². The van der Waals surface area contributed by atoms with Gasteiger partial charge >= 0.3 is 0 Å². The number of rotatable bonds is 5. The lowest BCUT2D eigenvalue weighted by Gasteiger charge is -2.27. The van der Waals surface area contributed by atoms with Crippen molar-refractivity contribution in [3.8, 4) is 6.07 Å². The fraction of sp³-hybridized carbons (Fsp3) is 0.0333. The first-order chi connectivity index (χ1) is 16.2. The summed E-state index contributed by atoms with van der Waals surface area (Å²) in [4.78, 5) is 4.39. The molecule has 0 atom stereocenters. The Balaban J connectivity index is 1.57. The average molecular weight is 426 g/mol. The minimum atomic E-state index is 0.655. The number of hydrogen-bond acceptors (Lipinski definition) is 3. The van der Waals surface area contributed by atoms with Gasteiger partial charge in [0.1, 0.15) is 0 Å². The third kappa shape index (κ3) is 4.03. The number of fused-ring (bicyclic) bond motifs is 1. The van der Waals surface area contributed by atoms with Gasteiger partial charge in [0.2, 0.25) is 0 Å². The van der Waals surface area contributed by atoms with E-state index in [0.717, 1.165) is 28.4 Å². The van der Waals surface area contributed by atoms with Gasteiger partial charge in [-0.3, -0.25) is 0 Å². The van der Waals surface area contributed by atoms with E-state index in [-0.39, 0.29) is 0 Å². The summed E-state index contributed by atoms with van der Waals surface area (Å²) in [5, 5.41) is 11.6. The smallest absolute Gasteiger partial charge is 0.0992 e. The van der Waals surface area contributed by atoms with Crippen LogP contribution < -0.4 is 9.80 Å². The predicted octanol–water partition coefficient (Wildman–Crippen LogP) is 7.95. The van der Waals surface area contributed by atoms with Crippen LogP contribution in [0.25, 0.3) is 10.8 Å². The molecule has 0 amide bonds. The van der Waals surface area contributed by atoms with Crippen molar-refractivity contribution in [1.82, 2.24) is 0 Å². The summed E-state index contributed by atoms with van der Waals surface area (Å²) in [7, 11) is 2.02. The molecule has 0 N–H and O–H groups in total. The summed E-state index contributed by atoms with van der Waals surface area (Å²) in [5.41, 5.74) is 6.03. The summed E-state index contributed by atoms with van der Waals surface area (Å²) in [5.74, 6) is 0. The first kappa shape index (κ1) is 20.4. The van der Waals surface area contributed by atoms with Crippen LogP contribution >= 0.6 is 0 Å². The lowest BCUT2D eigenvalue weighted by molar-refractivity contribution is 1.20. The zero-order chi connectivity index (χ0) is 22.6. The van der Waals surface area contributed by atoms with Crippen molar-refractivity contribution in [1.29, 1.82) is 5.26 Å². The highest BCUT2D eigenvalue weighted by Crippen LogP contribution is 2.39. The number of nitriles is 1. The summed E-state index contributed by atoms with van der Waals surface area (Å²) < 4.78 is 0. The van der Waals surface area contributed by atoms with Crippen molar-refractivity contribution >= 4 is 39.2 Å². The van der Waals surface area contributed by atoms with Crippen molar-refractivity contribution < 1.29 is 0 Å². The second kappa shape index (κ2) is 8.90. The quantitative estimate of drug-likeness (QED) is 0.286. The van der Waals surface area contributed by atoms with Crippen LogP contribution in [0.1, 0.15) is 5.56 Å². The Labute approximate surface area is 194 Å². The Bertz CT molecular complexity index is 1430. The molecule has 0 fully saturated rings. The molecule has 5 rings (SSSR count). The Morgan fingerprint density at radius 3 is 1.97 bits per heavy atom. The lowest BCUT2D eigenvalue weighted by Crippen LogP contribution is -2.12. The summed E-state index contributed by atoms with van der Waals surface area (Å²) in [6.07, 6.45) is 0. The minimum absolute atomic E-state index is 0.655. The van der Waals surface area contributed by atoms with E-state index in [9.17, 15) is 5.26 Å². The van der Waals surface area contributed by atoms with Crippen molar-refractivity contribution in [2.45, 2.75) is 0 Å². The van der Waals surface area contributed by atoms with Gasteiger partial charge in [0, 0.05) is 35.2 Å².